The Morgan fingerprint density at radius 3 is 3.00 bits per heavy atom. The molecular weight excluding hydrogens is 336 g/mol. The zero-order valence-electron chi connectivity index (χ0n) is 10.3. The van der Waals surface area contributed by atoms with Crippen molar-refractivity contribution in [3.8, 4) is 0 Å². The molecule has 0 spiro atoms. The Balaban J connectivity index is 2.19. The summed E-state index contributed by atoms with van der Waals surface area (Å²) in [6, 6.07) is 1.48. The minimum atomic E-state index is -1.06. The minimum Gasteiger partial charge on any atom is -0.465 e. The standard InChI is InChI=1S/C12H14BrClN2O3/c1-7-3-12(19,6-16(7)11(17)18)4-8-2-10(14)15-5-9(8)13/h2,5,7,19H,3-4,6H2,1H3,(H,17,18)/t7-,12-/m0/s1. The van der Waals surface area contributed by atoms with E-state index in [1.807, 2.05) is 0 Å². The summed E-state index contributed by atoms with van der Waals surface area (Å²) in [4.78, 5) is 16.2. The molecule has 1 fully saturated rings. The van der Waals surface area contributed by atoms with E-state index in [2.05, 4.69) is 20.9 Å². The van der Waals surface area contributed by atoms with Gasteiger partial charge >= 0.3 is 6.09 Å². The maximum absolute atomic E-state index is 11.0. The number of aliphatic hydroxyl groups is 1. The topological polar surface area (TPSA) is 73.7 Å². The van der Waals surface area contributed by atoms with E-state index in [9.17, 15) is 9.90 Å². The van der Waals surface area contributed by atoms with E-state index in [4.69, 9.17) is 16.7 Å². The second-order valence-electron chi connectivity index (χ2n) is 4.96. The summed E-state index contributed by atoms with van der Waals surface area (Å²) in [6.45, 7) is 1.90. The first-order chi connectivity index (χ1) is 8.81. The third kappa shape index (κ3) is 3.19. The SMILES string of the molecule is C[C@H]1C[C@](O)(Cc2cc(Cl)ncc2Br)CN1C(=O)O. The van der Waals surface area contributed by atoms with Crippen LogP contribution in [0.1, 0.15) is 18.9 Å². The van der Waals surface area contributed by atoms with Crippen molar-refractivity contribution in [2.45, 2.75) is 31.4 Å². The minimum absolute atomic E-state index is 0.107. The normalized spacial score (nSPS) is 26.7. The lowest BCUT2D eigenvalue weighted by Gasteiger charge is -2.23. The number of β-amino-alcohol motifs (C(OH)–C–C–N with tert-alkyl or cyclic N) is 1. The van der Waals surface area contributed by atoms with Gasteiger partial charge in [0.1, 0.15) is 5.15 Å². The van der Waals surface area contributed by atoms with Gasteiger partial charge in [0.2, 0.25) is 0 Å². The van der Waals surface area contributed by atoms with Crippen molar-refractivity contribution in [2.75, 3.05) is 6.54 Å². The molecule has 1 aliphatic rings. The summed E-state index contributed by atoms with van der Waals surface area (Å²) in [5.74, 6) is 0. The van der Waals surface area contributed by atoms with Crippen LogP contribution in [0.2, 0.25) is 5.15 Å². The van der Waals surface area contributed by atoms with Crippen LogP contribution in [0.3, 0.4) is 0 Å². The fraction of sp³-hybridized carbons (Fsp3) is 0.500. The van der Waals surface area contributed by atoms with Gasteiger partial charge in [-0.3, -0.25) is 0 Å². The summed E-state index contributed by atoms with van der Waals surface area (Å²) in [7, 11) is 0. The first kappa shape index (κ1) is 14.6. The zero-order valence-corrected chi connectivity index (χ0v) is 12.6. The molecule has 0 aromatic carbocycles. The quantitative estimate of drug-likeness (QED) is 0.805. The van der Waals surface area contributed by atoms with Gasteiger partial charge in [-0.2, -0.15) is 0 Å². The average Bonchev–Trinajstić information content (AvgIpc) is 2.60. The molecule has 7 heteroatoms. The number of hydrogen-bond donors (Lipinski definition) is 2. The van der Waals surface area contributed by atoms with Crippen molar-refractivity contribution in [1.29, 1.82) is 0 Å². The maximum Gasteiger partial charge on any atom is 0.407 e. The molecule has 2 N–H and O–H groups in total. The number of carboxylic acid groups (broad SMARTS) is 1. The number of hydrogen-bond acceptors (Lipinski definition) is 3. The molecule has 0 saturated carbocycles. The van der Waals surface area contributed by atoms with Crippen molar-refractivity contribution in [2.24, 2.45) is 0 Å². The Morgan fingerprint density at radius 2 is 2.42 bits per heavy atom. The number of likely N-dealkylation sites (tertiary alicyclic amines) is 1. The number of halogens is 2. The first-order valence-corrected chi connectivity index (χ1v) is 7.00. The molecule has 5 nitrogen and oxygen atoms in total. The highest BCUT2D eigenvalue weighted by Gasteiger charge is 2.43. The van der Waals surface area contributed by atoms with Crippen LogP contribution in [0, 0.1) is 0 Å². The Hall–Kier alpha value is -0.850. The van der Waals surface area contributed by atoms with Crippen LogP contribution in [0.5, 0.6) is 0 Å². The van der Waals surface area contributed by atoms with Gasteiger partial charge in [0, 0.05) is 23.1 Å². The van der Waals surface area contributed by atoms with Crippen molar-refractivity contribution >= 4 is 33.6 Å². The van der Waals surface area contributed by atoms with Crippen molar-refractivity contribution < 1.29 is 15.0 Å². The van der Waals surface area contributed by atoms with E-state index in [1.165, 1.54) is 4.90 Å². The highest BCUT2D eigenvalue weighted by atomic mass is 79.9. The predicted octanol–water partition coefficient (Wildman–Crippen LogP) is 2.54. The predicted molar refractivity (Wildman–Crippen MR) is 74.4 cm³/mol. The second kappa shape index (κ2) is 5.26. The van der Waals surface area contributed by atoms with E-state index in [0.717, 1.165) is 10.0 Å². The highest BCUT2D eigenvalue weighted by Crippen LogP contribution is 2.32. The molecule has 1 amide bonds. The lowest BCUT2D eigenvalue weighted by atomic mass is 9.93. The van der Waals surface area contributed by atoms with Gasteiger partial charge in [0.25, 0.3) is 0 Å². The summed E-state index contributed by atoms with van der Waals surface area (Å²) in [5, 5.41) is 20.0. The van der Waals surface area contributed by atoms with Crippen LogP contribution in [-0.4, -0.2) is 44.4 Å². The fourth-order valence-corrected chi connectivity index (χ4v) is 3.06. The van der Waals surface area contributed by atoms with E-state index in [-0.39, 0.29) is 12.6 Å². The van der Waals surface area contributed by atoms with E-state index in [1.54, 1.807) is 19.2 Å². The van der Waals surface area contributed by atoms with Crippen LogP contribution < -0.4 is 0 Å². The van der Waals surface area contributed by atoms with Gasteiger partial charge in [0.15, 0.2) is 0 Å². The molecule has 0 radical (unpaired) electrons. The van der Waals surface area contributed by atoms with Gasteiger partial charge < -0.3 is 15.1 Å². The smallest absolute Gasteiger partial charge is 0.407 e. The van der Waals surface area contributed by atoms with Gasteiger partial charge in [-0.1, -0.05) is 11.6 Å². The molecule has 104 valence electrons. The largest absolute Gasteiger partial charge is 0.465 e. The Morgan fingerprint density at radius 1 is 1.74 bits per heavy atom. The van der Waals surface area contributed by atoms with Gasteiger partial charge in [-0.25, -0.2) is 9.78 Å². The number of nitrogens with zero attached hydrogens (tertiary/aromatic N) is 2. The van der Waals surface area contributed by atoms with Crippen LogP contribution >= 0.6 is 27.5 Å². The highest BCUT2D eigenvalue weighted by molar-refractivity contribution is 9.10. The number of carbonyl (C=O) groups is 1. The zero-order chi connectivity index (χ0) is 14.2. The molecule has 1 aromatic heterocycles. The molecule has 0 aliphatic carbocycles. The lowest BCUT2D eigenvalue weighted by Crippen LogP contribution is -2.38. The molecule has 2 rings (SSSR count). The van der Waals surface area contributed by atoms with Crippen LogP contribution in [0.15, 0.2) is 16.7 Å². The number of aromatic nitrogens is 1. The number of rotatable bonds is 2. The molecular formula is C12H14BrClN2O3. The third-order valence-electron chi connectivity index (χ3n) is 3.34. The average molecular weight is 350 g/mol. The molecule has 2 heterocycles. The molecule has 0 unspecified atom stereocenters. The lowest BCUT2D eigenvalue weighted by molar-refractivity contribution is 0.0490. The van der Waals surface area contributed by atoms with Gasteiger partial charge in [-0.15, -0.1) is 0 Å². The Kier molecular flexibility index (Phi) is 4.03. The number of pyridine rings is 1. The van der Waals surface area contributed by atoms with Crippen molar-refractivity contribution in [1.82, 2.24) is 9.88 Å². The summed E-state index contributed by atoms with van der Waals surface area (Å²) in [6.07, 6.45) is 1.32. The molecule has 2 atom stereocenters. The second-order valence-corrected chi connectivity index (χ2v) is 6.20. The molecule has 19 heavy (non-hydrogen) atoms. The van der Waals surface area contributed by atoms with Gasteiger partial charge in [-0.05, 0) is 40.9 Å². The van der Waals surface area contributed by atoms with Crippen molar-refractivity contribution in [3.05, 3.63) is 27.5 Å². The molecule has 1 aromatic rings. The number of amides is 1. The summed E-state index contributed by atoms with van der Waals surface area (Å²) >= 11 is 9.20. The van der Waals surface area contributed by atoms with Crippen molar-refractivity contribution in [3.63, 3.8) is 0 Å². The van der Waals surface area contributed by atoms with Gasteiger partial charge in [0.05, 0.1) is 12.1 Å². The summed E-state index contributed by atoms with van der Waals surface area (Å²) < 4.78 is 0.756. The van der Waals surface area contributed by atoms with E-state index >= 15 is 0 Å². The van der Waals surface area contributed by atoms with E-state index in [0.29, 0.717) is 18.0 Å². The fourth-order valence-electron chi connectivity index (χ4n) is 2.52. The Labute approximate surface area is 124 Å². The molecule has 1 saturated heterocycles. The molecule has 0 bridgehead atoms. The summed E-state index contributed by atoms with van der Waals surface area (Å²) in [5.41, 5.74) is -0.243. The maximum atomic E-state index is 11.0. The van der Waals surface area contributed by atoms with Crippen LogP contribution in [0.4, 0.5) is 4.79 Å². The Bertz CT molecular complexity index is 514. The monoisotopic (exact) mass is 348 g/mol. The van der Waals surface area contributed by atoms with Crippen LogP contribution in [0.25, 0.3) is 0 Å². The molecule has 1 aliphatic heterocycles. The first-order valence-electron chi connectivity index (χ1n) is 5.82. The van der Waals surface area contributed by atoms with Crippen LogP contribution in [-0.2, 0) is 6.42 Å². The van der Waals surface area contributed by atoms with E-state index < -0.39 is 11.7 Å². The third-order valence-corrected chi connectivity index (χ3v) is 4.26.